The molecule has 2 aromatic rings. The number of anilines is 1. The fraction of sp³-hybridized carbons (Fsp3) is 0. The molecule has 0 heterocycles. The molecule has 0 saturated carbocycles. The van der Waals surface area contributed by atoms with Crippen LogP contribution < -0.4 is 5.32 Å². The van der Waals surface area contributed by atoms with Gasteiger partial charge in [-0.3, -0.25) is 4.79 Å². The summed E-state index contributed by atoms with van der Waals surface area (Å²) >= 11 is 15.3. The maximum Gasteiger partial charge on any atom is 0.266 e. The molecule has 110 valence electrons. The fourth-order valence-electron chi connectivity index (χ4n) is 1.71. The maximum absolute atomic E-state index is 12.2. The molecular formula is C16H9BrCl2N2O. The van der Waals surface area contributed by atoms with Gasteiger partial charge in [-0.05, 0) is 35.9 Å². The zero-order valence-electron chi connectivity index (χ0n) is 11.1. The van der Waals surface area contributed by atoms with Crippen molar-refractivity contribution in [2.45, 2.75) is 0 Å². The van der Waals surface area contributed by atoms with Gasteiger partial charge >= 0.3 is 0 Å². The van der Waals surface area contributed by atoms with Crippen molar-refractivity contribution in [3.63, 3.8) is 0 Å². The van der Waals surface area contributed by atoms with Crippen LogP contribution >= 0.6 is 39.1 Å². The molecule has 2 aromatic carbocycles. The third-order valence-corrected chi connectivity index (χ3v) is 3.85. The van der Waals surface area contributed by atoms with Crippen LogP contribution in [-0.4, -0.2) is 5.91 Å². The molecule has 22 heavy (non-hydrogen) atoms. The SMILES string of the molecule is N#C/C(=C\c1cccc(Br)c1)C(=O)Nc1c(Cl)cccc1Cl. The largest absolute Gasteiger partial charge is 0.319 e. The topological polar surface area (TPSA) is 52.9 Å². The number of nitriles is 1. The molecule has 0 fully saturated rings. The van der Waals surface area contributed by atoms with Crippen molar-refractivity contribution in [2.24, 2.45) is 0 Å². The normalized spacial score (nSPS) is 10.9. The number of para-hydroxylation sites is 1. The van der Waals surface area contributed by atoms with E-state index in [4.69, 9.17) is 23.2 Å². The van der Waals surface area contributed by atoms with Crippen molar-refractivity contribution >= 4 is 56.8 Å². The molecule has 0 radical (unpaired) electrons. The van der Waals surface area contributed by atoms with Gasteiger partial charge in [-0.1, -0.05) is 57.3 Å². The highest BCUT2D eigenvalue weighted by atomic mass is 79.9. The van der Waals surface area contributed by atoms with Gasteiger partial charge in [0.2, 0.25) is 0 Å². The number of carbonyl (C=O) groups is 1. The van der Waals surface area contributed by atoms with Crippen LogP contribution in [0.15, 0.2) is 52.5 Å². The lowest BCUT2D eigenvalue weighted by Crippen LogP contribution is -2.14. The average Bonchev–Trinajstić information content (AvgIpc) is 2.48. The highest BCUT2D eigenvalue weighted by molar-refractivity contribution is 9.10. The molecule has 1 N–H and O–H groups in total. The van der Waals surface area contributed by atoms with Crippen molar-refractivity contribution in [1.82, 2.24) is 0 Å². The molecule has 0 unspecified atom stereocenters. The van der Waals surface area contributed by atoms with Crippen LogP contribution in [0.5, 0.6) is 0 Å². The van der Waals surface area contributed by atoms with E-state index in [0.717, 1.165) is 10.0 Å². The van der Waals surface area contributed by atoms with Gasteiger partial charge in [0.25, 0.3) is 5.91 Å². The van der Waals surface area contributed by atoms with Crippen LogP contribution in [0, 0.1) is 11.3 Å². The summed E-state index contributed by atoms with van der Waals surface area (Å²) in [7, 11) is 0. The predicted molar refractivity (Wildman–Crippen MR) is 92.8 cm³/mol. The Kier molecular flexibility index (Phi) is 5.62. The van der Waals surface area contributed by atoms with E-state index < -0.39 is 5.91 Å². The monoisotopic (exact) mass is 394 g/mol. The second-order valence-electron chi connectivity index (χ2n) is 4.28. The van der Waals surface area contributed by atoms with Gasteiger partial charge in [-0.15, -0.1) is 0 Å². The molecule has 3 nitrogen and oxygen atoms in total. The number of nitrogens with zero attached hydrogens (tertiary/aromatic N) is 1. The van der Waals surface area contributed by atoms with E-state index in [1.807, 2.05) is 18.2 Å². The van der Waals surface area contributed by atoms with Crippen LogP contribution in [0.25, 0.3) is 6.08 Å². The van der Waals surface area contributed by atoms with Crippen molar-refractivity contribution < 1.29 is 4.79 Å². The van der Waals surface area contributed by atoms with Gasteiger partial charge in [0.05, 0.1) is 15.7 Å². The first kappa shape index (κ1) is 16.6. The highest BCUT2D eigenvalue weighted by Gasteiger charge is 2.13. The highest BCUT2D eigenvalue weighted by Crippen LogP contribution is 2.30. The maximum atomic E-state index is 12.2. The summed E-state index contributed by atoms with van der Waals surface area (Å²) < 4.78 is 0.855. The first-order valence-corrected chi connectivity index (χ1v) is 7.69. The van der Waals surface area contributed by atoms with Crippen LogP contribution in [0.4, 0.5) is 5.69 Å². The molecule has 0 aliphatic rings. The van der Waals surface area contributed by atoms with Crippen molar-refractivity contribution in [2.75, 3.05) is 5.32 Å². The zero-order valence-corrected chi connectivity index (χ0v) is 14.2. The summed E-state index contributed by atoms with van der Waals surface area (Å²) in [5.41, 5.74) is 0.964. The second kappa shape index (κ2) is 7.46. The second-order valence-corrected chi connectivity index (χ2v) is 6.01. The van der Waals surface area contributed by atoms with Gasteiger partial charge in [0.1, 0.15) is 11.6 Å². The van der Waals surface area contributed by atoms with Crippen LogP contribution in [0.2, 0.25) is 10.0 Å². The number of carbonyl (C=O) groups excluding carboxylic acids is 1. The molecule has 0 aromatic heterocycles. The van der Waals surface area contributed by atoms with Gasteiger partial charge in [-0.2, -0.15) is 5.26 Å². The van der Waals surface area contributed by atoms with Gasteiger partial charge in [-0.25, -0.2) is 0 Å². The lowest BCUT2D eigenvalue weighted by molar-refractivity contribution is -0.112. The molecular weight excluding hydrogens is 387 g/mol. The molecule has 0 aliphatic carbocycles. The molecule has 6 heteroatoms. The quantitative estimate of drug-likeness (QED) is 0.566. The summed E-state index contributed by atoms with van der Waals surface area (Å²) in [6.45, 7) is 0. The van der Waals surface area contributed by atoms with Gasteiger partial charge in [0, 0.05) is 4.47 Å². The summed E-state index contributed by atoms with van der Waals surface area (Å²) in [5, 5.41) is 12.4. The first-order chi connectivity index (χ1) is 10.5. The van der Waals surface area contributed by atoms with E-state index in [9.17, 15) is 10.1 Å². The Bertz CT molecular complexity index is 777. The number of nitrogens with one attached hydrogen (secondary N) is 1. The number of halogens is 3. The van der Waals surface area contributed by atoms with E-state index >= 15 is 0 Å². The predicted octanol–water partition coefficient (Wildman–Crippen LogP) is 5.30. The average molecular weight is 396 g/mol. The number of amides is 1. The molecule has 1 amide bonds. The molecule has 0 spiro atoms. The van der Waals surface area contributed by atoms with Crippen LogP contribution in [0.3, 0.4) is 0 Å². The molecule has 2 rings (SSSR count). The van der Waals surface area contributed by atoms with E-state index in [-0.39, 0.29) is 11.3 Å². The third kappa shape index (κ3) is 4.11. The Hall–Kier alpha value is -1.80. The van der Waals surface area contributed by atoms with Gasteiger partial charge < -0.3 is 5.32 Å². The lowest BCUT2D eigenvalue weighted by atomic mass is 10.1. The standard InChI is InChI=1S/C16H9BrCl2N2O/c17-12-4-1-3-10(8-12)7-11(9-20)16(22)21-15-13(18)5-2-6-14(15)19/h1-8H,(H,21,22)/b11-7+. The minimum atomic E-state index is -0.572. The summed E-state index contributed by atoms with van der Waals surface area (Å²) in [6.07, 6.45) is 1.49. The first-order valence-electron chi connectivity index (χ1n) is 6.14. The third-order valence-electron chi connectivity index (χ3n) is 2.73. The minimum Gasteiger partial charge on any atom is -0.319 e. The van der Waals surface area contributed by atoms with Gasteiger partial charge in [0.15, 0.2) is 0 Å². The smallest absolute Gasteiger partial charge is 0.266 e. The van der Waals surface area contributed by atoms with E-state index in [0.29, 0.717) is 10.0 Å². The molecule has 0 aliphatic heterocycles. The molecule has 0 bridgehead atoms. The summed E-state index contributed by atoms with van der Waals surface area (Å²) in [4.78, 5) is 12.2. The summed E-state index contributed by atoms with van der Waals surface area (Å²) in [6, 6.07) is 14.0. The van der Waals surface area contributed by atoms with Crippen LogP contribution in [0.1, 0.15) is 5.56 Å². The number of rotatable bonds is 3. The van der Waals surface area contributed by atoms with E-state index in [1.54, 1.807) is 30.3 Å². The number of hydrogen-bond donors (Lipinski definition) is 1. The zero-order chi connectivity index (χ0) is 16.1. The summed E-state index contributed by atoms with van der Waals surface area (Å²) in [5.74, 6) is -0.572. The Morgan fingerprint density at radius 2 is 1.82 bits per heavy atom. The molecule has 0 atom stereocenters. The Morgan fingerprint density at radius 1 is 1.18 bits per heavy atom. The van der Waals surface area contributed by atoms with Crippen molar-refractivity contribution in [1.29, 1.82) is 5.26 Å². The Labute approximate surface area is 146 Å². The number of hydrogen-bond acceptors (Lipinski definition) is 2. The Morgan fingerprint density at radius 3 is 2.41 bits per heavy atom. The molecule has 0 saturated heterocycles. The lowest BCUT2D eigenvalue weighted by Gasteiger charge is -2.08. The number of benzene rings is 2. The minimum absolute atomic E-state index is 0.0471. The fourth-order valence-corrected chi connectivity index (χ4v) is 2.62. The van der Waals surface area contributed by atoms with E-state index in [2.05, 4.69) is 21.2 Å². The Balaban J connectivity index is 2.29. The van der Waals surface area contributed by atoms with Crippen molar-refractivity contribution in [3.8, 4) is 6.07 Å². The van der Waals surface area contributed by atoms with Crippen molar-refractivity contribution in [3.05, 3.63) is 68.1 Å². The van der Waals surface area contributed by atoms with E-state index in [1.165, 1.54) is 6.08 Å². The van der Waals surface area contributed by atoms with Crippen LogP contribution in [-0.2, 0) is 4.79 Å².